The summed E-state index contributed by atoms with van der Waals surface area (Å²) in [6.45, 7) is 0. The van der Waals surface area contributed by atoms with Crippen LogP contribution < -0.4 is 5.73 Å². The van der Waals surface area contributed by atoms with E-state index in [2.05, 4.69) is 35.3 Å². The standard InChI is InChI=1S/C20H18N2S/c21-20(17-11-5-2-6-12-17)22-18-13-7-8-14-19(18)23-15-16-9-3-1-4-10-16/h1-14H,15H2,(H2,21,22). The predicted octanol–water partition coefficient (Wildman–Crippen LogP) is 5.02. The molecule has 3 aromatic rings. The Labute approximate surface area is 141 Å². The number of benzene rings is 3. The molecule has 0 radical (unpaired) electrons. The maximum absolute atomic E-state index is 6.14. The predicted molar refractivity (Wildman–Crippen MR) is 99.3 cm³/mol. The minimum atomic E-state index is 0.540. The third kappa shape index (κ3) is 4.24. The smallest absolute Gasteiger partial charge is 0.131 e. The zero-order valence-corrected chi connectivity index (χ0v) is 13.5. The van der Waals surface area contributed by atoms with Gasteiger partial charge in [-0.25, -0.2) is 4.99 Å². The summed E-state index contributed by atoms with van der Waals surface area (Å²) in [6, 6.07) is 28.4. The second kappa shape index (κ2) is 7.65. The quantitative estimate of drug-likeness (QED) is 0.408. The molecule has 0 amide bonds. The molecular weight excluding hydrogens is 300 g/mol. The average Bonchev–Trinajstić information content (AvgIpc) is 2.62. The molecule has 0 spiro atoms. The number of hydrogen-bond donors (Lipinski definition) is 1. The van der Waals surface area contributed by atoms with Crippen molar-refractivity contribution in [2.24, 2.45) is 10.7 Å². The molecule has 0 aromatic heterocycles. The number of amidine groups is 1. The molecule has 3 rings (SSSR count). The number of nitrogens with two attached hydrogens (primary N) is 1. The molecule has 0 unspecified atom stereocenters. The second-order valence-corrected chi connectivity index (χ2v) is 6.12. The molecule has 0 saturated carbocycles. The molecule has 114 valence electrons. The van der Waals surface area contributed by atoms with Crippen LogP contribution in [0.15, 0.2) is 94.8 Å². The summed E-state index contributed by atoms with van der Waals surface area (Å²) in [5.41, 5.74) is 9.29. The average molecular weight is 318 g/mol. The van der Waals surface area contributed by atoms with E-state index in [1.165, 1.54) is 5.56 Å². The van der Waals surface area contributed by atoms with Crippen molar-refractivity contribution in [2.75, 3.05) is 0 Å². The molecule has 0 aliphatic heterocycles. The summed E-state index contributed by atoms with van der Waals surface area (Å²) < 4.78 is 0. The van der Waals surface area contributed by atoms with Gasteiger partial charge in [-0.2, -0.15) is 0 Å². The van der Waals surface area contributed by atoms with Gasteiger partial charge in [-0.1, -0.05) is 72.8 Å². The van der Waals surface area contributed by atoms with E-state index in [9.17, 15) is 0 Å². The Bertz CT molecular complexity index is 783. The summed E-state index contributed by atoms with van der Waals surface area (Å²) in [5.74, 6) is 1.46. The third-order valence-electron chi connectivity index (χ3n) is 3.41. The van der Waals surface area contributed by atoms with Gasteiger partial charge in [0.1, 0.15) is 5.84 Å². The fraction of sp³-hybridized carbons (Fsp3) is 0.0500. The molecule has 2 nitrogen and oxygen atoms in total. The van der Waals surface area contributed by atoms with Crippen LogP contribution in [0.2, 0.25) is 0 Å². The highest BCUT2D eigenvalue weighted by atomic mass is 32.2. The molecular formula is C20H18N2S. The van der Waals surface area contributed by atoms with E-state index in [-0.39, 0.29) is 0 Å². The van der Waals surface area contributed by atoms with Gasteiger partial charge in [-0.3, -0.25) is 0 Å². The molecule has 2 N–H and O–H groups in total. The molecule has 0 aliphatic carbocycles. The molecule has 0 bridgehead atoms. The van der Waals surface area contributed by atoms with Crippen LogP contribution in [0.1, 0.15) is 11.1 Å². The van der Waals surface area contributed by atoms with Gasteiger partial charge in [-0.05, 0) is 17.7 Å². The van der Waals surface area contributed by atoms with Gasteiger partial charge < -0.3 is 5.73 Å². The van der Waals surface area contributed by atoms with E-state index in [1.807, 2.05) is 54.6 Å². The highest BCUT2D eigenvalue weighted by Crippen LogP contribution is 2.31. The Balaban J connectivity index is 1.81. The topological polar surface area (TPSA) is 38.4 Å². The second-order valence-electron chi connectivity index (χ2n) is 5.11. The Morgan fingerprint density at radius 3 is 2.13 bits per heavy atom. The summed E-state index contributed by atoms with van der Waals surface area (Å²) in [7, 11) is 0. The Morgan fingerprint density at radius 1 is 0.783 bits per heavy atom. The van der Waals surface area contributed by atoms with Gasteiger partial charge in [0.15, 0.2) is 0 Å². The van der Waals surface area contributed by atoms with Crippen LogP contribution in [-0.2, 0) is 5.75 Å². The zero-order chi connectivity index (χ0) is 15.9. The highest BCUT2D eigenvalue weighted by Gasteiger charge is 2.04. The van der Waals surface area contributed by atoms with Crippen molar-refractivity contribution in [2.45, 2.75) is 10.6 Å². The van der Waals surface area contributed by atoms with Crippen molar-refractivity contribution < 1.29 is 0 Å². The largest absolute Gasteiger partial charge is 0.383 e. The van der Waals surface area contributed by atoms with Gasteiger partial charge in [0, 0.05) is 16.2 Å². The molecule has 0 fully saturated rings. The number of para-hydroxylation sites is 1. The highest BCUT2D eigenvalue weighted by molar-refractivity contribution is 7.98. The SMILES string of the molecule is NC(=Nc1ccccc1SCc1ccccc1)c1ccccc1. The minimum absolute atomic E-state index is 0.540. The first-order valence-electron chi connectivity index (χ1n) is 7.48. The van der Waals surface area contributed by atoms with Crippen molar-refractivity contribution in [3.05, 3.63) is 96.1 Å². The third-order valence-corrected chi connectivity index (χ3v) is 4.55. The van der Waals surface area contributed by atoms with Gasteiger partial charge in [-0.15, -0.1) is 11.8 Å². The van der Waals surface area contributed by atoms with Crippen LogP contribution in [0.4, 0.5) is 5.69 Å². The molecule has 0 heterocycles. The summed E-state index contributed by atoms with van der Waals surface area (Å²) in [5, 5.41) is 0. The number of thioether (sulfide) groups is 1. The van der Waals surface area contributed by atoms with Crippen LogP contribution in [0.5, 0.6) is 0 Å². The monoisotopic (exact) mass is 318 g/mol. The molecule has 0 atom stereocenters. The number of nitrogens with zero attached hydrogens (tertiary/aromatic N) is 1. The molecule has 23 heavy (non-hydrogen) atoms. The molecule has 0 saturated heterocycles. The maximum Gasteiger partial charge on any atom is 0.131 e. The van der Waals surface area contributed by atoms with Gasteiger partial charge in [0.25, 0.3) is 0 Å². The summed E-state index contributed by atoms with van der Waals surface area (Å²) in [6.07, 6.45) is 0. The van der Waals surface area contributed by atoms with Crippen molar-refractivity contribution >= 4 is 23.3 Å². The molecule has 0 aliphatic rings. The van der Waals surface area contributed by atoms with E-state index in [0.29, 0.717) is 5.84 Å². The maximum atomic E-state index is 6.14. The molecule has 3 aromatic carbocycles. The van der Waals surface area contributed by atoms with Crippen molar-refractivity contribution in [3.8, 4) is 0 Å². The fourth-order valence-electron chi connectivity index (χ4n) is 2.21. The first-order valence-corrected chi connectivity index (χ1v) is 8.47. The summed E-state index contributed by atoms with van der Waals surface area (Å²) >= 11 is 1.77. The van der Waals surface area contributed by atoms with E-state index in [4.69, 9.17) is 5.73 Å². The Kier molecular flexibility index (Phi) is 5.12. The van der Waals surface area contributed by atoms with E-state index >= 15 is 0 Å². The van der Waals surface area contributed by atoms with E-state index in [1.54, 1.807) is 11.8 Å². The van der Waals surface area contributed by atoms with Gasteiger partial charge >= 0.3 is 0 Å². The number of aliphatic imine (C=N–C) groups is 1. The number of hydrogen-bond acceptors (Lipinski definition) is 2. The summed E-state index contributed by atoms with van der Waals surface area (Å²) in [4.78, 5) is 5.75. The molecule has 3 heteroatoms. The lowest BCUT2D eigenvalue weighted by atomic mass is 10.2. The minimum Gasteiger partial charge on any atom is -0.383 e. The fourth-order valence-corrected chi connectivity index (χ4v) is 3.16. The van der Waals surface area contributed by atoms with Crippen molar-refractivity contribution in [3.63, 3.8) is 0 Å². The van der Waals surface area contributed by atoms with Gasteiger partial charge in [0.05, 0.1) is 5.69 Å². The Morgan fingerprint density at radius 2 is 1.39 bits per heavy atom. The van der Waals surface area contributed by atoms with Crippen LogP contribution >= 0.6 is 11.8 Å². The zero-order valence-electron chi connectivity index (χ0n) is 12.7. The number of rotatable bonds is 5. The first-order chi connectivity index (χ1) is 11.3. The van der Waals surface area contributed by atoms with Crippen molar-refractivity contribution in [1.82, 2.24) is 0 Å². The lowest BCUT2D eigenvalue weighted by molar-refractivity contribution is 1.33. The van der Waals surface area contributed by atoms with Crippen LogP contribution in [-0.4, -0.2) is 5.84 Å². The van der Waals surface area contributed by atoms with Crippen molar-refractivity contribution in [1.29, 1.82) is 0 Å². The van der Waals surface area contributed by atoms with E-state index in [0.717, 1.165) is 21.9 Å². The van der Waals surface area contributed by atoms with Crippen LogP contribution in [0.3, 0.4) is 0 Å². The lowest BCUT2D eigenvalue weighted by Gasteiger charge is -2.07. The first kappa shape index (κ1) is 15.4. The lowest BCUT2D eigenvalue weighted by Crippen LogP contribution is -2.12. The Hall–Kier alpha value is -2.52. The van der Waals surface area contributed by atoms with E-state index < -0.39 is 0 Å². The normalized spacial score (nSPS) is 11.4. The van der Waals surface area contributed by atoms with Crippen LogP contribution in [0, 0.1) is 0 Å². The van der Waals surface area contributed by atoms with Crippen LogP contribution in [0.25, 0.3) is 0 Å². The van der Waals surface area contributed by atoms with Gasteiger partial charge in [0.2, 0.25) is 0 Å².